The Balaban J connectivity index is 2.27. The van der Waals surface area contributed by atoms with Crippen LogP contribution >= 0.6 is 0 Å². The summed E-state index contributed by atoms with van der Waals surface area (Å²) >= 11 is 0. The van der Waals surface area contributed by atoms with Crippen LogP contribution in [0.2, 0.25) is 0 Å². The zero-order valence-electron chi connectivity index (χ0n) is 9.79. The van der Waals surface area contributed by atoms with Crippen molar-refractivity contribution < 1.29 is 9.18 Å². The molecule has 1 aromatic rings. The van der Waals surface area contributed by atoms with Gasteiger partial charge in [-0.05, 0) is 30.7 Å². The van der Waals surface area contributed by atoms with Crippen LogP contribution in [0, 0.1) is 0 Å². The first-order valence-corrected chi connectivity index (χ1v) is 5.72. The van der Waals surface area contributed by atoms with E-state index in [1.807, 2.05) is 30.3 Å². The number of ketones is 1. The summed E-state index contributed by atoms with van der Waals surface area (Å²) in [6, 6.07) is 9.93. The van der Waals surface area contributed by atoms with Crippen LogP contribution in [0.5, 0.6) is 0 Å². The van der Waals surface area contributed by atoms with Gasteiger partial charge < -0.3 is 0 Å². The maximum atomic E-state index is 13.8. The fourth-order valence-corrected chi connectivity index (χ4v) is 2.36. The fraction of sp³-hybridized carbons (Fsp3) is 0.500. The Morgan fingerprint density at radius 3 is 2.31 bits per heavy atom. The molecule has 1 aliphatic rings. The van der Waals surface area contributed by atoms with Gasteiger partial charge >= 0.3 is 0 Å². The third-order valence-corrected chi connectivity index (χ3v) is 3.75. The second-order valence-corrected chi connectivity index (χ2v) is 5.22. The lowest BCUT2D eigenvalue weighted by atomic mass is 9.67. The first kappa shape index (κ1) is 11.3. The van der Waals surface area contributed by atoms with Gasteiger partial charge in [0, 0.05) is 6.42 Å². The standard InChI is InChI=1S/C14H17FO/c1-13(11-6-4-3-5-7-11)8-9-14(2,15)12(16)10-13/h3-7H,8-10H2,1-2H3/t13-,14-/m1/s1. The molecule has 86 valence electrons. The molecule has 1 aliphatic carbocycles. The van der Waals surface area contributed by atoms with E-state index in [2.05, 4.69) is 6.92 Å². The second-order valence-electron chi connectivity index (χ2n) is 5.22. The lowest BCUT2D eigenvalue weighted by Gasteiger charge is -2.38. The van der Waals surface area contributed by atoms with Crippen LogP contribution < -0.4 is 0 Å². The van der Waals surface area contributed by atoms with Gasteiger partial charge in [-0.15, -0.1) is 0 Å². The monoisotopic (exact) mass is 220 g/mol. The van der Waals surface area contributed by atoms with Crippen LogP contribution in [0.15, 0.2) is 30.3 Å². The van der Waals surface area contributed by atoms with E-state index in [4.69, 9.17) is 0 Å². The van der Waals surface area contributed by atoms with Crippen LogP contribution in [-0.2, 0) is 10.2 Å². The van der Waals surface area contributed by atoms with E-state index in [0.717, 1.165) is 12.0 Å². The SMILES string of the molecule is C[C@@]1(c2ccccc2)CC[C@@](C)(F)C(=O)C1. The lowest BCUT2D eigenvalue weighted by Crippen LogP contribution is -2.43. The summed E-state index contributed by atoms with van der Waals surface area (Å²) in [4.78, 5) is 11.7. The van der Waals surface area contributed by atoms with Gasteiger partial charge in [-0.3, -0.25) is 4.79 Å². The first-order chi connectivity index (χ1) is 7.44. The number of carbonyl (C=O) groups excluding carboxylic acids is 1. The molecule has 1 fully saturated rings. The summed E-state index contributed by atoms with van der Waals surface area (Å²) in [7, 11) is 0. The van der Waals surface area contributed by atoms with E-state index >= 15 is 0 Å². The van der Waals surface area contributed by atoms with Crippen molar-refractivity contribution in [2.45, 2.75) is 44.2 Å². The molecule has 0 saturated heterocycles. The Labute approximate surface area is 95.7 Å². The molecular formula is C14H17FO. The molecule has 0 amide bonds. The fourth-order valence-electron chi connectivity index (χ4n) is 2.36. The molecule has 2 atom stereocenters. The Hall–Kier alpha value is -1.18. The minimum atomic E-state index is -1.62. The number of halogens is 1. The highest BCUT2D eigenvalue weighted by Crippen LogP contribution is 2.42. The molecule has 0 bridgehead atoms. The van der Waals surface area contributed by atoms with Gasteiger partial charge in [0.15, 0.2) is 11.5 Å². The van der Waals surface area contributed by atoms with Crippen molar-refractivity contribution in [1.82, 2.24) is 0 Å². The molecular weight excluding hydrogens is 203 g/mol. The molecule has 0 spiro atoms. The summed E-state index contributed by atoms with van der Waals surface area (Å²) in [5.41, 5.74) is -0.669. The van der Waals surface area contributed by atoms with Crippen molar-refractivity contribution in [1.29, 1.82) is 0 Å². The first-order valence-electron chi connectivity index (χ1n) is 5.72. The largest absolute Gasteiger partial charge is 0.296 e. The minimum absolute atomic E-state index is 0.191. The molecule has 0 radical (unpaired) electrons. The second kappa shape index (κ2) is 3.69. The highest BCUT2D eigenvalue weighted by molar-refractivity contribution is 5.88. The summed E-state index contributed by atoms with van der Waals surface area (Å²) in [6.45, 7) is 3.45. The Morgan fingerprint density at radius 2 is 1.75 bits per heavy atom. The van der Waals surface area contributed by atoms with Crippen molar-refractivity contribution >= 4 is 5.78 Å². The van der Waals surface area contributed by atoms with Crippen LogP contribution in [0.1, 0.15) is 38.7 Å². The molecule has 1 nitrogen and oxygen atoms in total. The molecule has 2 rings (SSSR count). The van der Waals surface area contributed by atoms with Crippen molar-refractivity contribution in [2.24, 2.45) is 0 Å². The third-order valence-electron chi connectivity index (χ3n) is 3.75. The van der Waals surface area contributed by atoms with Crippen molar-refractivity contribution in [3.8, 4) is 0 Å². The minimum Gasteiger partial charge on any atom is -0.296 e. The van der Waals surface area contributed by atoms with Crippen LogP contribution in [0.4, 0.5) is 4.39 Å². The maximum Gasteiger partial charge on any atom is 0.170 e. The number of benzene rings is 1. The predicted molar refractivity (Wildman–Crippen MR) is 62.2 cm³/mol. The number of hydrogen-bond donors (Lipinski definition) is 0. The predicted octanol–water partition coefficient (Wildman–Crippen LogP) is 3.43. The molecule has 0 unspecified atom stereocenters. The van der Waals surface area contributed by atoms with E-state index in [1.54, 1.807) is 0 Å². The van der Waals surface area contributed by atoms with Crippen molar-refractivity contribution in [3.05, 3.63) is 35.9 Å². The third kappa shape index (κ3) is 1.89. The number of Topliss-reactive ketones (excluding diaryl/α,β-unsaturated/α-hetero) is 1. The maximum absolute atomic E-state index is 13.8. The van der Waals surface area contributed by atoms with E-state index < -0.39 is 5.67 Å². The number of rotatable bonds is 1. The summed E-state index contributed by atoms with van der Waals surface area (Å²) in [5.74, 6) is -0.259. The molecule has 2 heteroatoms. The van der Waals surface area contributed by atoms with E-state index in [9.17, 15) is 9.18 Å². The summed E-state index contributed by atoms with van der Waals surface area (Å²) in [5, 5.41) is 0. The molecule has 0 aliphatic heterocycles. The molecule has 0 N–H and O–H groups in total. The van der Waals surface area contributed by atoms with Gasteiger partial charge in [-0.1, -0.05) is 37.3 Å². The Kier molecular flexibility index (Phi) is 2.61. The molecule has 0 heterocycles. The average Bonchev–Trinajstić information content (AvgIpc) is 2.26. The van der Waals surface area contributed by atoms with Crippen molar-refractivity contribution in [3.63, 3.8) is 0 Å². The molecule has 1 saturated carbocycles. The normalized spacial score (nSPS) is 35.1. The van der Waals surface area contributed by atoms with Gasteiger partial charge in [0.1, 0.15) is 0 Å². The summed E-state index contributed by atoms with van der Waals surface area (Å²) < 4.78 is 13.8. The van der Waals surface area contributed by atoms with E-state index in [0.29, 0.717) is 12.8 Å². The van der Waals surface area contributed by atoms with Gasteiger partial charge in [0.25, 0.3) is 0 Å². The van der Waals surface area contributed by atoms with Crippen LogP contribution in [0.25, 0.3) is 0 Å². The van der Waals surface area contributed by atoms with Gasteiger partial charge in [0.05, 0.1) is 0 Å². The van der Waals surface area contributed by atoms with Crippen LogP contribution in [0.3, 0.4) is 0 Å². The summed E-state index contributed by atoms with van der Waals surface area (Å²) in [6.07, 6.45) is 1.37. The Bertz CT molecular complexity index is 396. The number of carbonyl (C=O) groups is 1. The highest BCUT2D eigenvalue weighted by atomic mass is 19.1. The molecule has 0 aromatic heterocycles. The van der Waals surface area contributed by atoms with Crippen molar-refractivity contribution in [2.75, 3.05) is 0 Å². The van der Waals surface area contributed by atoms with Crippen LogP contribution in [-0.4, -0.2) is 11.5 Å². The number of hydrogen-bond acceptors (Lipinski definition) is 1. The van der Waals surface area contributed by atoms with E-state index in [1.165, 1.54) is 6.92 Å². The zero-order valence-corrected chi connectivity index (χ0v) is 9.79. The quantitative estimate of drug-likeness (QED) is 0.708. The average molecular weight is 220 g/mol. The molecule has 16 heavy (non-hydrogen) atoms. The molecule has 1 aromatic carbocycles. The number of alkyl halides is 1. The lowest BCUT2D eigenvalue weighted by molar-refractivity contribution is -0.134. The Morgan fingerprint density at radius 1 is 1.12 bits per heavy atom. The van der Waals surface area contributed by atoms with Gasteiger partial charge in [0.2, 0.25) is 0 Å². The topological polar surface area (TPSA) is 17.1 Å². The zero-order chi connectivity index (χ0) is 11.8. The highest BCUT2D eigenvalue weighted by Gasteiger charge is 2.44. The smallest absolute Gasteiger partial charge is 0.170 e. The van der Waals surface area contributed by atoms with E-state index in [-0.39, 0.29) is 11.2 Å². The van der Waals surface area contributed by atoms with Gasteiger partial charge in [-0.2, -0.15) is 0 Å². The van der Waals surface area contributed by atoms with Gasteiger partial charge in [-0.25, -0.2) is 4.39 Å².